The highest BCUT2D eigenvalue weighted by Gasteiger charge is 2.60. The van der Waals surface area contributed by atoms with Crippen molar-refractivity contribution in [2.45, 2.75) is 45.4 Å². The highest BCUT2D eigenvalue weighted by atomic mass is 19.1. The van der Waals surface area contributed by atoms with Crippen LogP contribution in [0, 0.1) is 31.4 Å². The Balaban J connectivity index is 1.58. The monoisotopic (exact) mass is 452 g/mol. The normalized spacial score (nSPS) is 19.2. The van der Waals surface area contributed by atoms with Gasteiger partial charge in [0.2, 0.25) is 5.91 Å². The van der Waals surface area contributed by atoms with Gasteiger partial charge in [0.05, 0.1) is 30.6 Å². The Morgan fingerprint density at radius 2 is 2.03 bits per heavy atom. The van der Waals surface area contributed by atoms with Crippen LogP contribution in [0.15, 0.2) is 42.7 Å². The summed E-state index contributed by atoms with van der Waals surface area (Å²) in [5.41, 5.74) is 1.19. The van der Waals surface area contributed by atoms with Gasteiger partial charge in [0.25, 0.3) is 0 Å². The number of ether oxygens (including phenoxy) is 1. The number of nitrogens with zero attached hydrogens (tertiary/aromatic N) is 3. The van der Waals surface area contributed by atoms with Crippen molar-refractivity contribution in [2.24, 2.45) is 5.92 Å². The Bertz CT molecular complexity index is 1190. The third-order valence-corrected chi connectivity index (χ3v) is 6.01. The fourth-order valence-corrected chi connectivity index (χ4v) is 4.08. The third kappa shape index (κ3) is 4.84. The number of amides is 1. The van der Waals surface area contributed by atoms with Gasteiger partial charge in [-0.15, -0.1) is 0 Å². The smallest absolute Gasteiger partial charge is 0.229 e. The van der Waals surface area contributed by atoms with Crippen LogP contribution >= 0.6 is 0 Å². The molecule has 1 N–H and O–H groups in total. The molecule has 0 saturated heterocycles. The van der Waals surface area contributed by atoms with Gasteiger partial charge in [0, 0.05) is 5.41 Å². The van der Waals surface area contributed by atoms with Crippen molar-refractivity contribution in [1.29, 1.82) is 0 Å². The maximum Gasteiger partial charge on any atom is 0.229 e. The zero-order valence-corrected chi connectivity index (χ0v) is 18.9. The van der Waals surface area contributed by atoms with Crippen molar-refractivity contribution in [3.8, 4) is 5.75 Å². The van der Waals surface area contributed by atoms with E-state index in [2.05, 4.69) is 27.2 Å². The van der Waals surface area contributed by atoms with E-state index in [-0.39, 0.29) is 24.1 Å². The van der Waals surface area contributed by atoms with E-state index in [4.69, 9.17) is 4.74 Å². The van der Waals surface area contributed by atoms with E-state index in [1.807, 2.05) is 6.92 Å². The Labute approximate surface area is 191 Å². The summed E-state index contributed by atoms with van der Waals surface area (Å²) >= 11 is 0. The molecule has 8 heteroatoms. The summed E-state index contributed by atoms with van der Waals surface area (Å²) in [4.78, 5) is 25.7. The summed E-state index contributed by atoms with van der Waals surface area (Å²) in [6.07, 6.45) is 4.85. The summed E-state index contributed by atoms with van der Waals surface area (Å²) in [7, 11) is 0. The number of carbonyl (C=O) groups excluding carboxylic acids is 1. The van der Waals surface area contributed by atoms with Crippen LogP contribution in [0.2, 0.25) is 0 Å². The molecule has 6 nitrogen and oxygen atoms in total. The lowest BCUT2D eigenvalue weighted by atomic mass is 9.93. The molecule has 3 aromatic rings. The van der Waals surface area contributed by atoms with Gasteiger partial charge < -0.3 is 10.1 Å². The number of benzene rings is 1. The first-order valence-electron chi connectivity index (χ1n) is 11.0. The van der Waals surface area contributed by atoms with Gasteiger partial charge in [-0.05, 0) is 56.0 Å². The SMILES string of the molecule is CCCc1nc(C)ncc1OC[C@@]1(c2cccc(F)c2)C[C@H]1C(=O)Nc1cc(C)c(F)cn1. The van der Waals surface area contributed by atoms with Gasteiger partial charge in [-0.25, -0.2) is 23.7 Å². The first kappa shape index (κ1) is 22.8. The number of rotatable bonds is 8. The van der Waals surface area contributed by atoms with Crippen molar-refractivity contribution < 1.29 is 18.3 Å². The molecule has 0 radical (unpaired) electrons. The summed E-state index contributed by atoms with van der Waals surface area (Å²) in [5.74, 6) is -0.0273. The van der Waals surface area contributed by atoms with Crippen LogP contribution in [0.4, 0.5) is 14.6 Å². The maximum atomic E-state index is 14.0. The van der Waals surface area contributed by atoms with Crippen molar-refractivity contribution in [3.05, 3.63) is 77.0 Å². The minimum absolute atomic E-state index is 0.174. The number of hydrogen-bond acceptors (Lipinski definition) is 5. The van der Waals surface area contributed by atoms with E-state index >= 15 is 0 Å². The number of carbonyl (C=O) groups is 1. The molecule has 2 heterocycles. The van der Waals surface area contributed by atoms with Gasteiger partial charge in [0.1, 0.15) is 23.3 Å². The molecular weight excluding hydrogens is 426 g/mol. The molecule has 2 aromatic heterocycles. The average Bonchev–Trinajstić information content (AvgIpc) is 3.52. The van der Waals surface area contributed by atoms with E-state index in [0.29, 0.717) is 29.1 Å². The zero-order valence-electron chi connectivity index (χ0n) is 18.9. The second kappa shape index (κ2) is 9.21. The van der Waals surface area contributed by atoms with E-state index in [0.717, 1.165) is 24.7 Å². The van der Waals surface area contributed by atoms with Crippen molar-refractivity contribution >= 4 is 11.7 Å². The lowest BCUT2D eigenvalue weighted by Crippen LogP contribution is -2.27. The van der Waals surface area contributed by atoms with Gasteiger partial charge in [-0.3, -0.25) is 4.79 Å². The highest BCUT2D eigenvalue weighted by molar-refractivity contribution is 5.95. The first-order valence-corrected chi connectivity index (χ1v) is 11.0. The molecule has 1 aliphatic rings. The molecule has 1 fully saturated rings. The summed E-state index contributed by atoms with van der Waals surface area (Å²) in [6.45, 7) is 5.66. The van der Waals surface area contributed by atoms with Gasteiger partial charge in [-0.2, -0.15) is 0 Å². The molecule has 1 aliphatic carbocycles. The predicted octanol–water partition coefficient (Wildman–Crippen LogP) is 4.69. The summed E-state index contributed by atoms with van der Waals surface area (Å²) in [5, 5.41) is 2.76. The Morgan fingerprint density at radius 3 is 2.76 bits per heavy atom. The quantitative estimate of drug-likeness (QED) is 0.536. The Morgan fingerprint density at radius 1 is 1.21 bits per heavy atom. The number of anilines is 1. The molecule has 172 valence electrons. The van der Waals surface area contributed by atoms with E-state index in [9.17, 15) is 13.6 Å². The number of aryl methyl sites for hydroxylation is 3. The van der Waals surface area contributed by atoms with Crippen molar-refractivity contribution in [3.63, 3.8) is 0 Å². The lowest BCUT2D eigenvalue weighted by Gasteiger charge is -2.20. The first-order chi connectivity index (χ1) is 15.8. The standard InChI is InChI=1S/C25H26F2N4O2/c1-4-6-21-22(13-28-16(3)30-21)33-14-25(17-7-5-8-18(26)10-17)11-19(25)24(32)31-23-9-15(2)20(27)12-29-23/h5,7-10,12-13,19H,4,6,11,14H2,1-3H3,(H,29,31,32)/t19-,25+/m0/s1. The second-order valence-corrected chi connectivity index (χ2v) is 8.50. The Kier molecular flexibility index (Phi) is 6.35. The third-order valence-electron chi connectivity index (χ3n) is 6.01. The fourth-order valence-electron chi connectivity index (χ4n) is 4.08. The number of aromatic nitrogens is 3. The van der Waals surface area contributed by atoms with E-state index in [1.54, 1.807) is 25.3 Å². The fraction of sp³-hybridized carbons (Fsp3) is 0.360. The van der Waals surface area contributed by atoms with Crippen molar-refractivity contribution in [1.82, 2.24) is 15.0 Å². The van der Waals surface area contributed by atoms with E-state index in [1.165, 1.54) is 18.2 Å². The van der Waals surface area contributed by atoms with E-state index < -0.39 is 17.2 Å². The molecule has 0 spiro atoms. The van der Waals surface area contributed by atoms with Crippen molar-refractivity contribution in [2.75, 3.05) is 11.9 Å². The molecule has 0 unspecified atom stereocenters. The second-order valence-electron chi connectivity index (χ2n) is 8.50. The molecule has 4 rings (SSSR count). The highest BCUT2D eigenvalue weighted by Crippen LogP contribution is 2.55. The molecule has 1 amide bonds. The molecule has 0 aliphatic heterocycles. The minimum Gasteiger partial charge on any atom is -0.489 e. The lowest BCUT2D eigenvalue weighted by molar-refractivity contribution is -0.117. The molecule has 1 saturated carbocycles. The van der Waals surface area contributed by atoms with Gasteiger partial charge in [0.15, 0.2) is 5.75 Å². The van der Waals surface area contributed by atoms with Crippen LogP contribution < -0.4 is 10.1 Å². The van der Waals surface area contributed by atoms with Crippen LogP contribution in [-0.4, -0.2) is 27.5 Å². The predicted molar refractivity (Wildman–Crippen MR) is 120 cm³/mol. The average molecular weight is 453 g/mol. The van der Waals surface area contributed by atoms with Crippen LogP contribution in [0.3, 0.4) is 0 Å². The van der Waals surface area contributed by atoms with Crippen LogP contribution in [0.5, 0.6) is 5.75 Å². The number of hydrogen-bond donors (Lipinski definition) is 1. The Hall–Kier alpha value is -3.42. The number of nitrogens with one attached hydrogen (secondary N) is 1. The maximum absolute atomic E-state index is 14.0. The molecule has 2 atom stereocenters. The van der Waals surface area contributed by atoms with Crippen LogP contribution in [-0.2, 0) is 16.6 Å². The van der Waals surface area contributed by atoms with Gasteiger partial charge in [-0.1, -0.05) is 25.5 Å². The molecule has 33 heavy (non-hydrogen) atoms. The minimum atomic E-state index is -0.699. The summed E-state index contributed by atoms with van der Waals surface area (Å²) in [6, 6.07) is 7.72. The summed E-state index contributed by atoms with van der Waals surface area (Å²) < 4.78 is 33.7. The topological polar surface area (TPSA) is 77.0 Å². The van der Waals surface area contributed by atoms with Crippen LogP contribution in [0.25, 0.3) is 0 Å². The number of halogens is 2. The molecule has 1 aromatic carbocycles. The number of pyridine rings is 1. The molecular formula is C25H26F2N4O2. The van der Waals surface area contributed by atoms with Gasteiger partial charge >= 0.3 is 0 Å². The van der Waals surface area contributed by atoms with Crippen LogP contribution in [0.1, 0.15) is 42.4 Å². The largest absolute Gasteiger partial charge is 0.489 e. The zero-order chi connectivity index (χ0) is 23.6. The molecule has 0 bridgehead atoms.